The Morgan fingerprint density at radius 3 is 2.79 bits per heavy atom. The lowest BCUT2D eigenvalue weighted by Crippen LogP contribution is -2.00. The predicted molar refractivity (Wildman–Crippen MR) is 85.7 cm³/mol. The molecule has 1 aromatic heterocycles. The maximum Gasteiger partial charge on any atom is 0.106 e. The van der Waals surface area contributed by atoms with Crippen molar-refractivity contribution in [3.05, 3.63) is 24.0 Å². The molecule has 0 saturated carbocycles. The Balaban J connectivity index is 1.95. The maximum atomic E-state index is 5.80. The first-order valence-electron chi connectivity index (χ1n) is 6.93. The van der Waals surface area contributed by atoms with E-state index in [2.05, 4.69) is 28.8 Å². The van der Waals surface area contributed by atoms with Crippen LogP contribution in [0.2, 0.25) is 0 Å². The van der Waals surface area contributed by atoms with Crippen LogP contribution < -0.4 is 5.73 Å². The van der Waals surface area contributed by atoms with Crippen molar-refractivity contribution in [2.75, 3.05) is 17.7 Å². The van der Waals surface area contributed by atoms with Crippen molar-refractivity contribution < 1.29 is 0 Å². The number of unbranched alkanes of at least 4 members (excludes halogenated alkanes) is 3. The molecule has 0 bridgehead atoms. The van der Waals surface area contributed by atoms with Crippen molar-refractivity contribution in [1.82, 2.24) is 9.55 Å². The molecule has 0 aliphatic rings. The maximum absolute atomic E-state index is 5.80. The lowest BCUT2D eigenvalue weighted by Gasteiger charge is -2.07. The molecule has 19 heavy (non-hydrogen) atoms. The molecular formula is C15H23N3S. The van der Waals surface area contributed by atoms with Gasteiger partial charge in [-0.25, -0.2) is 4.98 Å². The number of anilines is 1. The van der Waals surface area contributed by atoms with Crippen molar-refractivity contribution in [2.45, 2.75) is 39.2 Å². The quantitative estimate of drug-likeness (QED) is 0.617. The van der Waals surface area contributed by atoms with E-state index in [0.717, 1.165) is 23.6 Å². The smallest absolute Gasteiger partial charge is 0.106 e. The molecule has 0 atom stereocenters. The fourth-order valence-electron chi connectivity index (χ4n) is 2.42. The van der Waals surface area contributed by atoms with E-state index in [4.69, 9.17) is 5.73 Å². The van der Waals surface area contributed by atoms with Crippen LogP contribution in [0, 0.1) is 6.92 Å². The number of aryl methyl sites for hydroxylation is 2. The molecule has 104 valence electrons. The summed E-state index contributed by atoms with van der Waals surface area (Å²) in [5, 5.41) is 0. The van der Waals surface area contributed by atoms with Crippen molar-refractivity contribution in [2.24, 2.45) is 0 Å². The zero-order valence-electron chi connectivity index (χ0n) is 11.9. The zero-order chi connectivity index (χ0) is 13.7. The van der Waals surface area contributed by atoms with Crippen LogP contribution in [0.25, 0.3) is 11.0 Å². The van der Waals surface area contributed by atoms with E-state index < -0.39 is 0 Å². The summed E-state index contributed by atoms with van der Waals surface area (Å²) in [7, 11) is 0. The van der Waals surface area contributed by atoms with Crippen LogP contribution in [0.4, 0.5) is 5.69 Å². The number of nitrogens with two attached hydrogens (primary N) is 1. The van der Waals surface area contributed by atoms with Gasteiger partial charge in [0.25, 0.3) is 0 Å². The van der Waals surface area contributed by atoms with Crippen LogP contribution in [-0.4, -0.2) is 21.6 Å². The number of nitrogens with zero attached hydrogens (tertiary/aromatic N) is 2. The van der Waals surface area contributed by atoms with Gasteiger partial charge in [-0.3, -0.25) is 0 Å². The fourth-order valence-corrected chi connectivity index (χ4v) is 2.91. The van der Waals surface area contributed by atoms with E-state index in [1.54, 1.807) is 0 Å². The fraction of sp³-hybridized carbons (Fsp3) is 0.533. The first kappa shape index (κ1) is 14.3. The lowest BCUT2D eigenvalue weighted by atomic mass is 10.2. The summed E-state index contributed by atoms with van der Waals surface area (Å²) >= 11 is 1.94. The summed E-state index contributed by atoms with van der Waals surface area (Å²) in [6.07, 6.45) is 7.37. The predicted octanol–water partition coefficient (Wildman–Crippen LogP) is 3.85. The number of imidazole rings is 1. The minimum absolute atomic E-state index is 0.786. The van der Waals surface area contributed by atoms with Gasteiger partial charge < -0.3 is 10.3 Å². The van der Waals surface area contributed by atoms with E-state index in [9.17, 15) is 0 Å². The van der Waals surface area contributed by atoms with Gasteiger partial charge in [-0.05, 0) is 50.0 Å². The van der Waals surface area contributed by atoms with Gasteiger partial charge >= 0.3 is 0 Å². The zero-order valence-corrected chi connectivity index (χ0v) is 12.7. The molecule has 1 aromatic carbocycles. The molecule has 1 heterocycles. The summed E-state index contributed by atoms with van der Waals surface area (Å²) in [4.78, 5) is 4.58. The highest BCUT2D eigenvalue weighted by Crippen LogP contribution is 2.19. The minimum Gasteiger partial charge on any atom is -0.399 e. The third-order valence-electron chi connectivity index (χ3n) is 3.44. The summed E-state index contributed by atoms with van der Waals surface area (Å²) in [5.41, 5.74) is 8.80. The van der Waals surface area contributed by atoms with E-state index in [0.29, 0.717) is 0 Å². The SMILES string of the molecule is CSCCCCCCn1c(C)nc2cc(N)ccc21. The number of hydrogen-bond donors (Lipinski definition) is 1. The summed E-state index contributed by atoms with van der Waals surface area (Å²) in [6.45, 7) is 3.13. The molecule has 0 aliphatic carbocycles. The first-order chi connectivity index (χ1) is 9.22. The Bertz CT molecular complexity index is 533. The highest BCUT2D eigenvalue weighted by Gasteiger charge is 2.06. The molecule has 2 aromatic rings. The van der Waals surface area contributed by atoms with E-state index >= 15 is 0 Å². The number of aromatic nitrogens is 2. The van der Waals surface area contributed by atoms with Crippen LogP contribution in [0.3, 0.4) is 0 Å². The summed E-state index contributed by atoms with van der Waals surface area (Å²) in [5.74, 6) is 2.37. The second-order valence-electron chi connectivity index (χ2n) is 4.97. The third-order valence-corrected chi connectivity index (χ3v) is 4.14. The lowest BCUT2D eigenvalue weighted by molar-refractivity contribution is 0.584. The van der Waals surface area contributed by atoms with Gasteiger partial charge in [0.2, 0.25) is 0 Å². The number of nitrogen functional groups attached to an aromatic ring is 1. The largest absolute Gasteiger partial charge is 0.399 e. The van der Waals surface area contributed by atoms with Gasteiger partial charge in [0, 0.05) is 12.2 Å². The van der Waals surface area contributed by atoms with Crippen LogP contribution in [0.1, 0.15) is 31.5 Å². The Kier molecular flexibility index (Phi) is 5.14. The third kappa shape index (κ3) is 3.66. The molecule has 2 rings (SSSR count). The molecule has 0 spiro atoms. The molecule has 2 N–H and O–H groups in total. The van der Waals surface area contributed by atoms with Crippen molar-refractivity contribution >= 4 is 28.5 Å². The summed E-state index contributed by atoms with van der Waals surface area (Å²) in [6, 6.07) is 5.99. The molecule has 0 saturated heterocycles. The normalized spacial score (nSPS) is 11.3. The molecule has 0 aliphatic heterocycles. The van der Waals surface area contributed by atoms with Gasteiger partial charge in [-0.2, -0.15) is 11.8 Å². The first-order valence-corrected chi connectivity index (χ1v) is 8.33. The molecule has 0 amide bonds. The van der Waals surface area contributed by atoms with Crippen LogP contribution >= 0.6 is 11.8 Å². The number of benzene rings is 1. The van der Waals surface area contributed by atoms with Crippen LogP contribution in [0.15, 0.2) is 18.2 Å². The molecule has 0 unspecified atom stereocenters. The molecule has 3 nitrogen and oxygen atoms in total. The van der Waals surface area contributed by atoms with E-state index in [-0.39, 0.29) is 0 Å². The van der Waals surface area contributed by atoms with Crippen LogP contribution in [-0.2, 0) is 6.54 Å². The molecule has 0 fully saturated rings. The van der Waals surface area contributed by atoms with Crippen LogP contribution in [0.5, 0.6) is 0 Å². The average molecular weight is 277 g/mol. The highest BCUT2D eigenvalue weighted by atomic mass is 32.2. The van der Waals surface area contributed by atoms with Crippen molar-refractivity contribution in [3.8, 4) is 0 Å². The number of hydrogen-bond acceptors (Lipinski definition) is 3. The number of rotatable bonds is 7. The summed E-state index contributed by atoms with van der Waals surface area (Å²) < 4.78 is 2.31. The topological polar surface area (TPSA) is 43.8 Å². The van der Waals surface area contributed by atoms with Gasteiger partial charge in [0.05, 0.1) is 11.0 Å². The molecular weight excluding hydrogens is 254 g/mol. The second-order valence-corrected chi connectivity index (χ2v) is 5.95. The molecule has 0 radical (unpaired) electrons. The van der Waals surface area contributed by atoms with E-state index in [1.807, 2.05) is 23.9 Å². The highest BCUT2D eigenvalue weighted by molar-refractivity contribution is 7.98. The minimum atomic E-state index is 0.786. The average Bonchev–Trinajstić information content (AvgIpc) is 2.69. The standard InChI is InChI=1S/C15H23N3S/c1-12-17-14-11-13(16)7-8-15(14)18(12)9-5-3-4-6-10-19-2/h7-8,11H,3-6,9-10,16H2,1-2H3. The second kappa shape index (κ2) is 6.85. The molecule has 4 heteroatoms. The van der Waals surface area contributed by atoms with E-state index in [1.165, 1.54) is 37.0 Å². The Morgan fingerprint density at radius 2 is 2.00 bits per heavy atom. The van der Waals surface area contributed by atoms with Crippen molar-refractivity contribution in [3.63, 3.8) is 0 Å². The Morgan fingerprint density at radius 1 is 1.21 bits per heavy atom. The number of thioether (sulfide) groups is 1. The van der Waals surface area contributed by atoms with Gasteiger partial charge in [0.1, 0.15) is 5.82 Å². The van der Waals surface area contributed by atoms with Crippen molar-refractivity contribution in [1.29, 1.82) is 0 Å². The van der Waals surface area contributed by atoms with Gasteiger partial charge in [-0.15, -0.1) is 0 Å². The number of fused-ring (bicyclic) bond motifs is 1. The Labute approximate surface area is 119 Å². The van der Waals surface area contributed by atoms with Gasteiger partial charge in [0.15, 0.2) is 0 Å². The Hall–Kier alpha value is -1.16. The monoisotopic (exact) mass is 277 g/mol. The van der Waals surface area contributed by atoms with Gasteiger partial charge in [-0.1, -0.05) is 12.8 Å².